The van der Waals surface area contributed by atoms with Gasteiger partial charge in [-0.2, -0.15) is 0 Å². The second-order valence-electron chi connectivity index (χ2n) is 2.49. The van der Waals surface area contributed by atoms with E-state index in [4.69, 9.17) is 4.74 Å². The Kier molecular flexibility index (Phi) is 5.84. The Hall–Kier alpha value is -0.570. The van der Waals surface area contributed by atoms with Crippen molar-refractivity contribution in [2.45, 2.75) is 27.2 Å². The van der Waals surface area contributed by atoms with Gasteiger partial charge in [-0.15, -0.1) is 0 Å². The third-order valence-corrected chi connectivity index (χ3v) is 1.61. The number of ether oxygens (including phenoxy) is 1. The van der Waals surface area contributed by atoms with Crippen molar-refractivity contribution in [1.82, 2.24) is 5.32 Å². The van der Waals surface area contributed by atoms with Crippen molar-refractivity contribution in [2.75, 3.05) is 13.3 Å². The molecule has 1 atom stereocenters. The van der Waals surface area contributed by atoms with Gasteiger partial charge >= 0.3 is 0 Å². The molecular formula is C8H17NO2. The van der Waals surface area contributed by atoms with Gasteiger partial charge in [0.05, 0.1) is 0 Å². The highest BCUT2D eigenvalue weighted by Crippen LogP contribution is 1.98. The molecule has 0 heterocycles. The van der Waals surface area contributed by atoms with Crippen molar-refractivity contribution in [2.24, 2.45) is 5.92 Å². The van der Waals surface area contributed by atoms with Crippen molar-refractivity contribution in [3.05, 3.63) is 0 Å². The van der Waals surface area contributed by atoms with E-state index in [-0.39, 0.29) is 11.8 Å². The van der Waals surface area contributed by atoms with Crippen molar-refractivity contribution in [3.8, 4) is 0 Å². The molecule has 66 valence electrons. The number of carbonyl (C=O) groups excluding carboxylic acids is 1. The summed E-state index contributed by atoms with van der Waals surface area (Å²) in [7, 11) is 0. The molecule has 0 aromatic rings. The number of hydrogen-bond acceptors (Lipinski definition) is 2. The molecule has 0 saturated heterocycles. The van der Waals surface area contributed by atoms with Gasteiger partial charge in [-0.3, -0.25) is 4.79 Å². The summed E-state index contributed by atoms with van der Waals surface area (Å²) in [6.07, 6.45) is 0.873. The highest BCUT2D eigenvalue weighted by atomic mass is 16.5. The summed E-state index contributed by atoms with van der Waals surface area (Å²) in [6.45, 7) is 6.77. The predicted octanol–water partition coefficient (Wildman–Crippen LogP) is 1.14. The van der Waals surface area contributed by atoms with Crippen LogP contribution in [-0.2, 0) is 9.53 Å². The highest BCUT2D eigenvalue weighted by Gasteiger charge is 2.08. The Morgan fingerprint density at radius 1 is 1.55 bits per heavy atom. The lowest BCUT2D eigenvalue weighted by Gasteiger charge is -2.08. The molecule has 3 nitrogen and oxygen atoms in total. The van der Waals surface area contributed by atoms with E-state index in [0.717, 1.165) is 6.42 Å². The maximum absolute atomic E-state index is 11.1. The van der Waals surface area contributed by atoms with Crippen LogP contribution in [0.15, 0.2) is 0 Å². The molecule has 1 N–H and O–H groups in total. The standard InChI is InChI=1S/C8H17NO2/c1-4-7(3)8(10)9-6-11-5-2/h7H,4-6H2,1-3H3,(H,9,10). The first-order valence-electron chi connectivity index (χ1n) is 4.07. The quantitative estimate of drug-likeness (QED) is 0.482. The fourth-order valence-electron chi connectivity index (χ4n) is 0.584. The average molecular weight is 159 g/mol. The van der Waals surface area contributed by atoms with Gasteiger partial charge in [0.25, 0.3) is 0 Å². The highest BCUT2D eigenvalue weighted by molar-refractivity contribution is 5.77. The number of amides is 1. The lowest BCUT2D eigenvalue weighted by molar-refractivity contribution is -0.126. The summed E-state index contributed by atoms with van der Waals surface area (Å²) in [5.74, 6) is 0.163. The molecular weight excluding hydrogens is 142 g/mol. The van der Waals surface area contributed by atoms with Gasteiger partial charge < -0.3 is 10.1 Å². The van der Waals surface area contributed by atoms with Crippen LogP contribution >= 0.6 is 0 Å². The van der Waals surface area contributed by atoms with Crippen LogP contribution in [0.3, 0.4) is 0 Å². The van der Waals surface area contributed by atoms with E-state index >= 15 is 0 Å². The smallest absolute Gasteiger partial charge is 0.224 e. The van der Waals surface area contributed by atoms with E-state index in [1.165, 1.54) is 0 Å². The van der Waals surface area contributed by atoms with Crippen molar-refractivity contribution < 1.29 is 9.53 Å². The number of hydrogen-bond donors (Lipinski definition) is 1. The molecule has 0 rings (SSSR count). The minimum atomic E-state index is 0.0703. The van der Waals surface area contributed by atoms with Crippen LogP contribution in [-0.4, -0.2) is 19.2 Å². The molecule has 3 heteroatoms. The lowest BCUT2D eigenvalue weighted by Crippen LogP contribution is -2.30. The second-order valence-corrected chi connectivity index (χ2v) is 2.49. The monoisotopic (exact) mass is 159 g/mol. The van der Waals surface area contributed by atoms with Gasteiger partial charge in [0, 0.05) is 12.5 Å². The molecule has 11 heavy (non-hydrogen) atoms. The SMILES string of the molecule is CCOCNC(=O)C(C)CC. The number of carbonyl (C=O) groups is 1. The third-order valence-electron chi connectivity index (χ3n) is 1.61. The zero-order valence-corrected chi connectivity index (χ0v) is 7.52. The molecule has 0 radical (unpaired) electrons. The Balaban J connectivity index is 3.36. The Bertz CT molecular complexity index is 115. The van der Waals surface area contributed by atoms with E-state index in [0.29, 0.717) is 13.3 Å². The normalized spacial score (nSPS) is 12.6. The Labute approximate surface area is 68.1 Å². The molecule has 1 unspecified atom stereocenters. The first kappa shape index (κ1) is 10.4. The Morgan fingerprint density at radius 2 is 2.18 bits per heavy atom. The van der Waals surface area contributed by atoms with Gasteiger partial charge in [0.15, 0.2) is 0 Å². The second kappa shape index (κ2) is 6.16. The minimum absolute atomic E-state index is 0.0703. The van der Waals surface area contributed by atoms with Crippen molar-refractivity contribution in [3.63, 3.8) is 0 Å². The molecule has 0 fully saturated rings. The predicted molar refractivity (Wildman–Crippen MR) is 44.1 cm³/mol. The third kappa shape index (κ3) is 4.79. The summed E-state index contributed by atoms with van der Waals surface area (Å²) in [6, 6.07) is 0. The number of rotatable bonds is 5. The topological polar surface area (TPSA) is 38.3 Å². The summed E-state index contributed by atoms with van der Waals surface area (Å²) >= 11 is 0. The van der Waals surface area contributed by atoms with Crippen LogP contribution in [0.4, 0.5) is 0 Å². The van der Waals surface area contributed by atoms with Gasteiger partial charge in [-0.25, -0.2) is 0 Å². The van der Waals surface area contributed by atoms with Crippen LogP contribution in [0.25, 0.3) is 0 Å². The average Bonchev–Trinajstić information content (AvgIpc) is 2.03. The molecule has 0 aromatic carbocycles. The zero-order chi connectivity index (χ0) is 8.69. The van der Waals surface area contributed by atoms with Crippen LogP contribution < -0.4 is 5.32 Å². The van der Waals surface area contributed by atoms with Gasteiger partial charge in [0.2, 0.25) is 5.91 Å². The molecule has 0 saturated carbocycles. The largest absolute Gasteiger partial charge is 0.362 e. The summed E-state index contributed by atoms with van der Waals surface area (Å²) in [4.78, 5) is 11.1. The fraction of sp³-hybridized carbons (Fsp3) is 0.875. The van der Waals surface area contributed by atoms with Crippen LogP contribution in [0, 0.1) is 5.92 Å². The fourth-order valence-corrected chi connectivity index (χ4v) is 0.584. The molecule has 0 bridgehead atoms. The first-order valence-corrected chi connectivity index (χ1v) is 4.07. The van der Waals surface area contributed by atoms with E-state index < -0.39 is 0 Å². The van der Waals surface area contributed by atoms with Crippen LogP contribution in [0.1, 0.15) is 27.2 Å². The minimum Gasteiger partial charge on any atom is -0.362 e. The molecule has 0 aliphatic carbocycles. The Morgan fingerprint density at radius 3 is 2.64 bits per heavy atom. The maximum Gasteiger partial charge on any atom is 0.224 e. The van der Waals surface area contributed by atoms with Gasteiger partial charge in [0.1, 0.15) is 6.73 Å². The maximum atomic E-state index is 11.1. The van der Waals surface area contributed by atoms with E-state index in [2.05, 4.69) is 5.32 Å². The van der Waals surface area contributed by atoms with Gasteiger partial charge in [-0.05, 0) is 13.3 Å². The molecule has 0 aliphatic rings. The molecule has 1 amide bonds. The zero-order valence-electron chi connectivity index (χ0n) is 7.52. The van der Waals surface area contributed by atoms with E-state index in [1.54, 1.807) is 0 Å². The summed E-state index contributed by atoms with van der Waals surface area (Å²) in [5, 5.41) is 2.67. The van der Waals surface area contributed by atoms with Crippen LogP contribution in [0.5, 0.6) is 0 Å². The first-order chi connectivity index (χ1) is 5.22. The number of nitrogens with one attached hydrogen (secondary N) is 1. The molecule has 0 spiro atoms. The molecule has 0 aliphatic heterocycles. The summed E-state index contributed by atoms with van der Waals surface area (Å²) < 4.78 is 4.97. The van der Waals surface area contributed by atoms with Crippen LogP contribution in [0.2, 0.25) is 0 Å². The molecule has 0 aromatic heterocycles. The van der Waals surface area contributed by atoms with E-state index in [9.17, 15) is 4.79 Å². The van der Waals surface area contributed by atoms with Crippen molar-refractivity contribution >= 4 is 5.91 Å². The van der Waals surface area contributed by atoms with Gasteiger partial charge in [-0.1, -0.05) is 13.8 Å². The van der Waals surface area contributed by atoms with E-state index in [1.807, 2.05) is 20.8 Å². The van der Waals surface area contributed by atoms with Crippen molar-refractivity contribution in [1.29, 1.82) is 0 Å². The summed E-state index contributed by atoms with van der Waals surface area (Å²) in [5.41, 5.74) is 0. The lowest BCUT2D eigenvalue weighted by atomic mass is 10.1.